The number of carbonyl (C=O) groups is 1. The zero-order valence-electron chi connectivity index (χ0n) is 14.3. The van der Waals surface area contributed by atoms with E-state index in [1.165, 1.54) is 0 Å². The normalized spacial score (nSPS) is 22.7. The quantitative estimate of drug-likeness (QED) is 0.717. The van der Waals surface area contributed by atoms with Crippen LogP contribution in [0.2, 0.25) is 0 Å². The summed E-state index contributed by atoms with van der Waals surface area (Å²) >= 11 is 3.48. The second-order valence-corrected chi connectivity index (χ2v) is 8.48. The SMILES string of the molecule is CC(C)(C)OC(=O)N1CCC2(CC1)CC(O)c1c(Br)cccc1O2. The summed E-state index contributed by atoms with van der Waals surface area (Å²) < 4.78 is 12.6. The molecule has 5 nitrogen and oxygen atoms in total. The average Bonchev–Trinajstić information content (AvgIpc) is 2.45. The zero-order valence-corrected chi connectivity index (χ0v) is 15.9. The zero-order chi connectivity index (χ0) is 17.5. The number of fused-ring (bicyclic) bond motifs is 1. The molecule has 24 heavy (non-hydrogen) atoms. The van der Waals surface area contributed by atoms with Gasteiger partial charge in [0.1, 0.15) is 17.0 Å². The van der Waals surface area contributed by atoms with E-state index >= 15 is 0 Å². The fourth-order valence-electron chi connectivity index (χ4n) is 3.39. The minimum Gasteiger partial charge on any atom is -0.487 e. The first kappa shape index (κ1) is 17.5. The Morgan fingerprint density at radius 1 is 1.38 bits per heavy atom. The van der Waals surface area contributed by atoms with Crippen LogP contribution in [0.1, 0.15) is 51.7 Å². The Morgan fingerprint density at radius 2 is 2.04 bits per heavy atom. The molecule has 2 heterocycles. The summed E-state index contributed by atoms with van der Waals surface area (Å²) in [5.74, 6) is 0.730. The highest BCUT2D eigenvalue weighted by Gasteiger charge is 2.44. The Morgan fingerprint density at radius 3 is 2.67 bits per heavy atom. The van der Waals surface area contributed by atoms with Crippen LogP contribution < -0.4 is 4.74 Å². The largest absolute Gasteiger partial charge is 0.487 e. The number of aliphatic hydroxyl groups excluding tert-OH is 1. The topological polar surface area (TPSA) is 59.0 Å². The molecule has 1 amide bonds. The van der Waals surface area contributed by atoms with Crippen molar-refractivity contribution in [2.24, 2.45) is 0 Å². The number of halogens is 1. The molecule has 0 radical (unpaired) electrons. The molecule has 1 spiro atoms. The van der Waals surface area contributed by atoms with Gasteiger partial charge in [-0.05, 0) is 32.9 Å². The summed E-state index contributed by atoms with van der Waals surface area (Å²) in [6, 6.07) is 5.71. The summed E-state index contributed by atoms with van der Waals surface area (Å²) in [7, 11) is 0. The smallest absolute Gasteiger partial charge is 0.410 e. The lowest BCUT2D eigenvalue weighted by Gasteiger charge is -2.46. The van der Waals surface area contributed by atoms with Gasteiger partial charge in [-0.2, -0.15) is 0 Å². The van der Waals surface area contributed by atoms with E-state index in [-0.39, 0.29) is 6.09 Å². The number of carbonyl (C=O) groups excluding carboxylic acids is 1. The molecule has 2 aliphatic rings. The molecule has 132 valence electrons. The number of hydrogen-bond donors (Lipinski definition) is 1. The van der Waals surface area contributed by atoms with Crippen LogP contribution in [0.25, 0.3) is 0 Å². The van der Waals surface area contributed by atoms with Crippen molar-refractivity contribution in [2.75, 3.05) is 13.1 Å². The molecule has 1 unspecified atom stereocenters. The molecular weight excluding hydrogens is 374 g/mol. The molecule has 1 atom stereocenters. The molecule has 1 fully saturated rings. The number of ether oxygens (including phenoxy) is 2. The number of likely N-dealkylation sites (tertiary alicyclic amines) is 1. The highest BCUT2D eigenvalue weighted by molar-refractivity contribution is 9.10. The molecule has 1 aromatic rings. The lowest BCUT2D eigenvalue weighted by atomic mass is 9.82. The molecule has 6 heteroatoms. The number of amides is 1. The molecule has 3 rings (SSSR count). The number of piperidine rings is 1. The van der Waals surface area contributed by atoms with E-state index in [1.54, 1.807) is 4.90 Å². The number of aliphatic hydroxyl groups is 1. The highest BCUT2D eigenvalue weighted by Crippen LogP contribution is 2.46. The Kier molecular flexibility index (Phi) is 4.55. The van der Waals surface area contributed by atoms with Gasteiger partial charge in [0.2, 0.25) is 0 Å². The molecule has 0 saturated carbocycles. The summed E-state index contributed by atoms with van der Waals surface area (Å²) in [5, 5.41) is 10.6. The van der Waals surface area contributed by atoms with Crippen molar-refractivity contribution in [3.8, 4) is 5.75 Å². The first-order chi connectivity index (χ1) is 11.2. The van der Waals surface area contributed by atoms with Gasteiger partial charge in [0.05, 0.1) is 6.10 Å². The molecule has 1 aromatic carbocycles. The molecular formula is C18H24BrNO4. The van der Waals surface area contributed by atoms with E-state index in [0.29, 0.717) is 32.4 Å². The van der Waals surface area contributed by atoms with Gasteiger partial charge in [0.25, 0.3) is 0 Å². The number of hydrogen-bond acceptors (Lipinski definition) is 4. The minimum atomic E-state index is -0.558. The van der Waals surface area contributed by atoms with Crippen molar-refractivity contribution < 1.29 is 19.4 Å². The lowest BCUT2D eigenvalue weighted by Crippen LogP contribution is -2.52. The van der Waals surface area contributed by atoms with E-state index in [4.69, 9.17) is 9.47 Å². The monoisotopic (exact) mass is 397 g/mol. The molecule has 0 aromatic heterocycles. The van der Waals surface area contributed by atoms with Crippen molar-refractivity contribution in [1.82, 2.24) is 4.90 Å². The number of rotatable bonds is 0. The van der Waals surface area contributed by atoms with Crippen LogP contribution in [0.15, 0.2) is 22.7 Å². The van der Waals surface area contributed by atoms with Crippen LogP contribution in [0.3, 0.4) is 0 Å². The van der Waals surface area contributed by atoms with Crippen LogP contribution in [-0.2, 0) is 4.74 Å². The van der Waals surface area contributed by atoms with Crippen molar-refractivity contribution in [3.63, 3.8) is 0 Å². The van der Waals surface area contributed by atoms with Crippen molar-refractivity contribution >= 4 is 22.0 Å². The second-order valence-electron chi connectivity index (χ2n) is 7.62. The highest BCUT2D eigenvalue weighted by atomic mass is 79.9. The molecule has 0 bridgehead atoms. The number of nitrogens with zero attached hydrogens (tertiary/aromatic N) is 1. The van der Waals surface area contributed by atoms with Crippen LogP contribution >= 0.6 is 15.9 Å². The Labute approximate surface area is 151 Å². The van der Waals surface area contributed by atoms with E-state index < -0.39 is 17.3 Å². The molecule has 1 N–H and O–H groups in total. The standard InChI is InChI=1S/C18H24BrNO4/c1-17(2,3)24-16(22)20-9-7-18(8-10-20)11-13(21)15-12(19)5-4-6-14(15)23-18/h4-6,13,21H,7-11H2,1-3H3. The third-order valence-corrected chi connectivity index (χ3v) is 5.26. The predicted octanol–water partition coefficient (Wildman–Crippen LogP) is 4.03. The van der Waals surface area contributed by atoms with E-state index in [1.807, 2.05) is 39.0 Å². The van der Waals surface area contributed by atoms with Gasteiger partial charge in [-0.15, -0.1) is 0 Å². The first-order valence-corrected chi connectivity index (χ1v) is 9.12. The number of benzene rings is 1. The summed E-state index contributed by atoms with van der Waals surface area (Å²) in [6.45, 7) is 6.75. The summed E-state index contributed by atoms with van der Waals surface area (Å²) in [5.41, 5.74) is -0.0848. The molecule has 0 aliphatic carbocycles. The summed E-state index contributed by atoms with van der Waals surface area (Å²) in [4.78, 5) is 13.9. The maximum absolute atomic E-state index is 12.2. The van der Waals surface area contributed by atoms with Gasteiger partial charge >= 0.3 is 6.09 Å². The van der Waals surface area contributed by atoms with Crippen LogP contribution in [0.5, 0.6) is 5.75 Å². The van der Waals surface area contributed by atoms with Crippen LogP contribution in [0, 0.1) is 0 Å². The summed E-state index contributed by atoms with van der Waals surface area (Å²) in [6.07, 6.45) is 1.09. The van der Waals surface area contributed by atoms with Gasteiger partial charge in [0.15, 0.2) is 0 Å². The molecule has 2 aliphatic heterocycles. The van der Waals surface area contributed by atoms with E-state index in [9.17, 15) is 9.90 Å². The minimum absolute atomic E-state index is 0.281. The van der Waals surface area contributed by atoms with Crippen LogP contribution in [-0.4, -0.2) is 40.4 Å². The van der Waals surface area contributed by atoms with Gasteiger partial charge in [-0.25, -0.2) is 4.79 Å². The van der Waals surface area contributed by atoms with E-state index in [2.05, 4.69) is 15.9 Å². The third kappa shape index (κ3) is 3.54. The van der Waals surface area contributed by atoms with Crippen molar-refractivity contribution in [3.05, 3.63) is 28.2 Å². The lowest BCUT2D eigenvalue weighted by molar-refractivity contribution is -0.0571. The average molecular weight is 398 g/mol. The van der Waals surface area contributed by atoms with Crippen molar-refractivity contribution in [1.29, 1.82) is 0 Å². The van der Waals surface area contributed by atoms with Crippen molar-refractivity contribution in [2.45, 2.75) is 57.3 Å². The first-order valence-electron chi connectivity index (χ1n) is 8.33. The Bertz CT molecular complexity index is 632. The van der Waals surface area contributed by atoms with Gasteiger partial charge in [0, 0.05) is 42.4 Å². The Hall–Kier alpha value is -1.27. The Balaban J connectivity index is 1.69. The van der Waals surface area contributed by atoms with Crippen LogP contribution in [0.4, 0.5) is 4.79 Å². The maximum atomic E-state index is 12.2. The predicted molar refractivity (Wildman–Crippen MR) is 94.1 cm³/mol. The van der Waals surface area contributed by atoms with Gasteiger partial charge < -0.3 is 19.5 Å². The third-order valence-electron chi connectivity index (χ3n) is 4.56. The fourth-order valence-corrected chi connectivity index (χ4v) is 4.00. The molecule has 1 saturated heterocycles. The van der Waals surface area contributed by atoms with Gasteiger partial charge in [-0.1, -0.05) is 22.0 Å². The second kappa shape index (κ2) is 6.23. The maximum Gasteiger partial charge on any atom is 0.410 e. The van der Waals surface area contributed by atoms with Gasteiger partial charge in [-0.3, -0.25) is 0 Å². The van der Waals surface area contributed by atoms with E-state index in [0.717, 1.165) is 15.8 Å². The fraction of sp³-hybridized carbons (Fsp3) is 0.611.